The van der Waals surface area contributed by atoms with Gasteiger partial charge in [-0.1, -0.05) is 18.2 Å². The summed E-state index contributed by atoms with van der Waals surface area (Å²) in [5, 5.41) is 5.26. The Hall–Kier alpha value is -2.98. The molecule has 0 unspecified atom stereocenters. The fourth-order valence-corrected chi connectivity index (χ4v) is 4.35. The number of carbonyl (C=O) groups excluding carboxylic acids is 3. The lowest BCUT2D eigenvalue weighted by Gasteiger charge is -2.30. The zero-order valence-electron chi connectivity index (χ0n) is 19.0. The number of rotatable bonds is 9. The van der Waals surface area contributed by atoms with Crippen molar-refractivity contribution >= 4 is 34.9 Å². The summed E-state index contributed by atoms with van der Waals surface area (Å²) in [7, 11) is 1.58. The van der Waals surface area contributed by atoms with Crippen LogP contribution in [0.15, 0.2) is 35.7 Å². The van der Waals surface area contributed by atoms with Crippen LogP contribution in [0.2, 0.25) is 0 Å². The molecule has 1 aromatic heterocycles. The molecule has 178 valence electrons. The Kier molecular flexibility index (Phi) is 9.20. The maximum Gasteiger partial charge on any atom is 0.322 e. The first-order chi connectivity index (χ1) is 16.0. The number of likely N-dealkylation sites (tertiary alicyclic amines) is 1. The van der Waals surface area contributed by atoms with E-state index in [1.54, 1.807) is 29.2 Å². The maximum absolute atomic E-state index is 12.9. The number of aromatic nitrogens is 1. The molecule has 1 saturated heterocycles. The largest absolute Gasteiger partial charge is 0.466 e. The second-order valence-electron chi connectivity index (χ2n) is 7.66. The van der Waals surface area contributed by atoms with Gasteiger partial charge in [-0.2, -0.15) is 0 Å². The van der Waals surface area contributed by atoms with Crippen LogP contribution in [0.5, 0.6) is 0 Å². The van der Waals surface area contributed by atoms with Crippen LogP contribution in [-0.4, -0.2) is 72.6 Å². The van der Waals surface area contributed by atoms with Crippen LogP contribution in [0, 0.1) is 5.92 Å². The average molecular weight is 475 g/mol. The van der Waals surface area contributed by atoms with Crippen LogP contribution in [0.25, 0.3) is 0 Å². The van der Waals surface area contributed by atoms with Gasteiger partial charge < -0.3 is 24.6 Å². The summed E-state index contributed by atoms with van der Waals surface area (Å²) in [6.07, 6.45) is 1.18. The fourth-order valence-electron chi connectivity index (χ4n) is 3.56. The van der Waals surface area contributed by atoms with Crippen LogP contribution < -0.4 is 5.32 Å². The van der Waals surface area contributed by atoms with Crippen molar-refractivity contribution in [3.63, 3.8) is 0 Å². The first-order valence-electron chi connectivity index (χ1n) is 11.0. The molecule has 2 aromatic rings. The molecule has 0 radical (unpaired) electrons. The molecule has 1 aliphatic heterocycles. The minimum absolute atomic E-state index is 0.155. The molecule has 1 aromatic carbocycles. The van der Waals surface area contributed by atoms with E-state index < -0.39 is 0 Å². The number of anilines is 1. The lowest BCUT2D eigenvalue weighted by atomic mass is 9.97. The highest BCUT2D eigenvalue weighted by Gasteiger charge is 2.29. The van der Waals surface area contributed by atoms with Crippen molar-refractivity contribution in [1.29, 1.82) is 0 Å². The molecule has 33 heavy (non-hydrogen) atoms. The Bertz CT molecular complexity index is 928. The van der Waals surface area contributed by atoms with E-state index in [2.05, 4.69) is 10.3 Å². The van der Waals surface area contributed by atoms with Gasteiger partial charge in [-0.05, 0) is 31.9 Å². The predicted molar refractivity (Wildman–Crippen MR) is 125 cm³/mol. The highest BCUT2D eigenvalue weighted by atomic mass is 32.1. The third-order valence-corrected chi connectivity index (χ3v) is 6.21. The van der Waals surface area contributed by atoms with Gasteiger partial charge >= 0.3 is 12.0 Å². The number of urea groups is 1. The normalized spacial score (nSPS) is 14.1. The summed E-state index contributed by atoms with van der Waals surface area (Å²) in [6, 6.07) is 8.95. The third-order valence-electron chi connectivity index (χ3n) is 5.38. The van der Waals surface area contributed by atoms with Crippen molar-refractivity contribution in [1.82, 2.24) is 14.8 Å². The number of para-hydroxylation sites is 1. The number of esters is 1. The second-order valence-corrected chi connectivity index (χ2v) is 8.60. The number of piperidine rings is 1. The summed E-state index contributed by atoms with van der Waals surface area (Å²) in [4.78, 5) is 45.4. The van der Waals surface area contributed by atoms with Crippen LogP contribution in [-0.2, 0) is 20.8 Å². The topological polar surface area (TPSA) is 101 Å². The molecule has 0 aliphatic carbocycles. The minimum atomic E-state index is -0.262. The van der Waals surface area contributed by atoms with Crippen molar-refractivity contribution in [2.24, 2.45) is 5.92 Å². The van der Waals surface area contributed by atoms with E-state index in [0.29, 0.717) is 62.1 Å². The van der Waals surface area contributed by atoms with Gasteiger partial charge in [0.2, 0.25) is 0 Å². The van der Waals surface area contributed by atoms with Crippen LogP contribution in [0.1, 0.15) is 35.3 Å². The van der Waals surface area contributed by atoms with Gasteiger partial charge in [-0.25, -0.2) is 9.78 Å². The van der Waals surface area contributed by atoms with Crippen LogP contribution >= 0.6 is 11.3 Å². The standard InChI is InChI=1S/C23H30N4O5S/c1-3-32-22(29)17-9-11-26(12-10-17)21(28)19-16-33-20(25-19)15-27(13-14-31-2)23(30)24-18-7-5-4-6-8-18/h4-8,16-17H,3,9-15H2,1-2H3,(H,24,30). The number of methoxy groups -OCH3 is 1. The van der Waals surface area contributed by atoms with Crippen molar-refractivity contribution in [2.75, 3.05) is 45.3 Å². The molecule has 1 N–H and O–H groups in total. The average Bonchev–Trinajstić information content (AvgIpc) is 3.30. The number of nitrogens with zero attached hydrogens (tertiary/aromatic N) is 3. The SMILES string of the molecule is CCOC(=O)C1CCN(C(=O)c2csc(CN(CCOC)C(=O)Nc3ccccc3)n2)CC1. The highest BCUT2D eigenvalue weighted by Crippen LogP contribution is 2.22. The van der Waals surface area contributed by atoms with Gasteiger partial charge in [-0.15, -0.1) is 11.3 Å². The molecule has 0 bridgehead atoms. The number of amides is 3. The molecule has 3 rings (SSSR count). The number of ether oxygens (including phenoxy) is 2. The highest BCUT2D eigenvalue weighted by molar-refractivity contribution is 7.09. The zero-order valence-corrected chi connectivity index (χ0v) is 19.8. The molecule has 2 heterocycles. The van der Waals surface area contributed by atoms with E-state index in [-0.39, 0.29) is 30.4 Å². The Morgan fingerprint density at radius 2 is 1.94 bits per heavy atom. The Labute approximate surface area is 197 Å². The number of hydrogen-bond acceptors (Lipinski definition) is 7. The van der Waals surface area contributed by atoms with Crippen LogP contribution in [0.3, 0.4) is 0 Å². The Balaban J connectivity index is 1.58. The summed E-state index contributed by atoms with van der Waals surface area (Å²) < 4.78 is 10.2. The monoisotopic (exact) mass is 474 g/mol. The van der Waals surface area contributed by atoms with E-state index in [1.165, 1.54) is 11.3 Å². The number of nitrogens with one attached hydrogen (secondary N) is 1. The van der Waals surface area contributed by atoms with Crippen molar-refractivity contribution in [2.45, 2.75) is 26.3 Å². The second kappa shape index (κ2) is 12.3. The van der Waals surface area contributed by atoms with Crippen molar-refractivity contribution in [3.05, 3.63) is 46.4 Å². The molecule has 10 heteroatoms. The predicted octanol–water partition coefficient (Wildman–Crippen LogP) is 3.24. The summed E-state index contributed by atoms with van der Waals surface area (Å²) in [6.45, 7) is 4.19. The van der Waals surface area contributed by atoms with E-state index in [1.807, 2.05) is 30.3 Å². The number of thiazole rings is 1. The van der Waals surface area contributed by atoms with E-state index in [4.69, 9.17) is 9.47 Å². The molecule has 0 atom stereocenters. The van der Waals surface area contributed by atoms with Gasteiger partial charge in [0.15, 0.2) is 0 Å². The maximum atomic E-state index is 12.9. The zero-order chi connectivity index (χ0) is 23.6. The lowest BCUT2D eigenvalue weighted by Crippen LogP contribution is -2.40. The van der Waals surface area contributed by atoms with Crippen molar-refractivity contribution in [3.8, 4) is 0 Å². The summed E-state index contributed by atoms with van der Waals surface area (Å²) in [5.41, 5.74) is 1.06. The molecule has 1 fully saturated rings. The molecule has 1 aliphatic rings. The number of benzene rings is 1. The summed E-state index contributed by atoms with van der Waals surface area (Å²) in [5.74, 6) is -0.500. The molecule has 3 amide bonds. The first-order valence-corrected chi connectivity index (χ1v) is 11.9. The first kappa shape index (κ1) is 24.7. The summed E-state index contributed by atoms with van der Waals surface area (Å²) >= 11 is 1.34. The van der Waals surface area contributed by atoms with E-state index in [0.717, 1.165) is 0 Å². The Morgan fingerprint density at radius 1 is 1.21 bits per heavy atom. The number of carbonyl (C=O) groups is 3. The molecular weight excluding hydrogens is 444 g/mol. The van der Waals surface area contributed by atoms with Gasteiger partial charge in [-0.3, -0.25) is 9.59 Å². The number of hydrogen-bond donors (Lipinski definition) is 1. The molecule has 0 saturated carbocycles. The molecule has 0 spiro atoms. The fraction of sp³-hybridized carbons (Fsp3) is 0.478. The van der Waals surface area contributed by atoms with Gasteiger partial charge in [0.1, 0.15) is 10.7 Å². The van der Waals surface area contributed by atoms with E-state index >= 15 is 0 Å². The Morgan fingerprint density at radius 3 is 2.61 bits per heavy atom. The molecule has 9 nitrogen and oxygen atoms in total. The smallest absolute Gasteiger partial charge is 0.322 e. The van der Waals surface area contributed by atoms with Crippen LogP contribution in [0.4, 0.5) is 10.5 Å². The minimum Gasteiger partial charge on any atom is -0.466 e. The quantitative estimate of drug-likeness (QED) is 0.560. The van der Waals surface area contributed by atoms with Crippen molar-refractivity contribution < 1.29 is 23.9 Å². The van der Waals surface area contributed by atoms with E-state index in [9.17, 15) is 14.4 Å². The lowest BCUT2D eigenvalue weighted by molar-refractivity contribution is -0.149. The third kappa shape index (κ3) is 7.00. The van der Waals surface area contributed by atoms with Gasteiger partial charge in [0, 0.05) is 37.8 Å². The molecular formula is C23H30N4O5S. The van der Waals surface area contributed by atoms with Gasteiger partial charge in [0.05, 0.1) is 25.7 Å². The van der Waals surface area contributed by atoms with Gasteiger partial charge in [0.25, 0.3) is 5.91 Å².